The largest absolute Gasteiger partial charge is 0.461 e. The molecule has 0 fully saturated rings. The van der Waals surface area contributed by atoms with Gasteiger partial charge in [-0.1, -0.05) is 19.8 Å². The van der Waals surface area contributed by atoms with Crippen molar-refractivity contribution in [2.24, 2.45) is 0 Å². The average molecular weight is 214 g/mol. The van der Waals surface area contributed by atoms with Crippen molar-refractivity contribution in [1.29, 1.82) is 0 Å². The maximum absolute atomic E-state index is 12.4. The van der Waals surface area contributed by atoms with Gasteiger partial charge in [-0.15, -0.1) is 0 Å². The van der Waals surface area contributed by atoms with Gasteiger partial charge in [0, 0.05) is 0 Å². The summed E-state index contributed by atoms with van der Waals surface area (Å²) in [6, 6.07) is 0. The summed E-state index contributed by atoms with van der Waals surface area (Å²) in [5.74, 6) is -6.12. The van der Waals surface area contributed by atoms with Gasteiger partial charge in [0.1, 0.15) is 0 Å². The van der Waals surface area contributed by atoms with E-state index in [0.717, 1.165) is 12.8 Å². The Balaban J connectivity index is 3.84. The number of carbonyl (C=O) groups is 1. The highest BCUT2D eigenvalue weighted by atomic mass is 19.3. The maximum Gasteiger partial charge on any atom is 0.378 e. The summed E-state index contributed by atoms with van der Waals surface area (Å²) in [7, 11) is 0. The van der Waals surface area contributed by atoms with Gasteiger partial charge in [-0.2, -0.15) is 4.39 Å². The molecule has 0 rings (SSSR count). The number of esters is 1. The second-order valence-corrected chi connectivity index (χ2v) is 2.82. The van der Waals surface area contributed by atoms with Crippen molar-refractivity contribution in [2.45, 2.75) is 38.5 Å². The predicted molar refractivity (Wildman–Crippen MR) is 42.5 cm³/mol. The average Bonchev–Trinajstić information content (AvgIpc) is 2.11. The molecule has 0 bridgehead atoms. The van der Waals surface area contributed by atoms with Crippen LogP contribution in [0.5, 0.6) is 0 Å². The van der Waals surface area contributed by atoms with E-state index >= 15 is 0 Å². The fraction of sp³-hybridized carbons (Fsp3) is 0.875. The Hall–Kier alpha value is -0.780. The van der Waals surface area contributed by atoms with Crippen molar-refractivity contribution in [3.05, 3.63) is 0 Å². The standard InChI is InChI=1S/C8H13F3O3/c1-2-3-4-5-14-7(12)8(11,13)6(9)10/h6,13H,2-5H2,1H3. The summed E-state index contributed by atoms with van der Waals surface area (Å²) in [5, 5.41) is 8.33. The smallest absolute Gasteiger partial charge is 0.378 e. The molecule has 84 valence electrons. The number of unbranched alkanes of at least 4 members (excludes halogenated alkanes) is 2. The van der Waals surface area contributed by atoms with Crippen LogP contribution >= 0.6 is 0 Å². The van der Waals surface area contributed by atoms with Crippen LogP contribution in [0.15, 0.2) is 0 Å². The number of carbonyl (C=O) groups excluding carboxylic acids is 1. The van der Waals surface area contributed by atoms with Gasteiger partial charge in [0.15, 0.2) is 0 Å². The summed E-state index contributed by atoms with van der Waals surface area (Å²) in [4.78, 5) is 10.5. The molecule has 6 heteroatoms. The SMILES string of the molecule is CCCCCOC(=O)C(O)(F)C(F)F. The van der Waals surface area contributed by atoms with Crippen LogP contribution in [0.25, 0.3) is 0 Å². The zero-order valence-corrected chi connectivity index (χ0v) is 7.80. The zero-order chi connectivity index (χ0) is 11.2. The maximum atomic E-state index is 12.4. The molecule has 0 aromatic heterocycles. The molecule has 0 aromatic rings. The van der Waals surface area contributed by atoms with Crippen LogP contribution in [-0.2, 0) is 9.53 Å². The van der Waals surface area contributed by atoms with Crippen LogP contribution < -0.4 is 0 Å². The first-order valence-electron chi connectivity index (χ1n) is 4.29. The van der Waals surface area contributed by atoms with Gasteiger partial charge in [-0.25, -0.2) is 13.6 Å². The zero-order valence-electron chi connectivity index (χ0n) is 7.80. The van der Waals surface area contributed by atoms with E-state index in [1.54, 1.807) is 0 Å². The number of alkyl halides is 3. The third-order valence-corrected chi connectivity index (χ3v) is 1.56. The van der Waals surface area contributed by atoms with Crippen LogP contribution in [0.3, 0.4) is 0 Å². The van der Waals surface area contributed by atoms with E-state index in [0.29, 0.717) is 6.42 Å². The highest BCUT2D eigenvalue weighted by Crippen LogP contribution is 2.19. The molecule has 0 saturated carbocycles. The minimum Gasteiger partial charge on any atom is -0.461 e. The minimum absolute atomic E-state index is 0.161. The first kappa shape index (κ1) is 13.2. The van der Waals surface area contributed by atoms with E-state index in [1.807, 2.05) is 6.92 Å². The molecular weight excluding hydrogens is 201 g/mol. The topological polar surface area (TPSA) is 46.5 Å². The number of hydrogen-bond acceptors (Lipinski definition) is 3. The van der Waals surface area contributed by atoms with Gasteiger partial charge in [0.05, 0.1) is 6.61 Å². The second kappa shape index (κ2) is 5.85. The highest BCUT2D eigenvalue weighted by Gasteiger charge is 2.48. The fourth-order valence-corrected chi connectivity index (χ4v) is 0.707. The number of rotatable bonds is 6. The summed E-state index contributed by atoms with van der Waals surface area (Å²) < 4.78 is 40.0. The number of aliphatic hydroxyl groups is 1. The fourth-order valence-electron chi connectivity index (χ4n) is 0.707. The lowest BCUT2D eigenvalue weighted by molar-refractivity contribution is -0.218. The number of ether oxygens (including phenoxy) is 1. The van der Waals surface area contributed by atoms with Gasteiger partial charge in [-0.05, 0) is 6.42 Å². The Morgan fingerprint density at radius 2 is 2.07 bits per heavy atom. The second-order valence-electron chi connectivity index (χ2n) is 2.82. The van der Waals surface area contributed by atoms with E-state index in [1.165, 1.54) is 0 Å². The van der Waals surface area contributed by atoms with Gasteiger partial charge in [0.2, 0.25) is 0 Å². The lowest BCUT2D eigenvalue weighted by Gasteiger charge is -2.15. The number of halogens is 3. The summed E-state index contributed by atoms with van der Waals surface area (Å²) >= 11 is 0. The molecule has 0 aromatic carbocycles. The van der Waals surface area contributed by atoms with Crippen molar-refractivity contribution in [1.82, 2.24) is 0 Å². The molecule has 3 nitrogen and oxygen atoms in total. The molecular formula is C8H13F3O3. The Kier molecular flexibility index (Phi) is 5.52. The molecule has 0 heterocycles. The minimum atomic E-state index is -4.19. The third kappa shape index (κ3) is 3.95. The molecule has 0 saturated heterocycles. The van der Waals surface area contributed by atoms with E-state index in [9.17, 15) is 18.0 Å². The predicted octanol–water partition coefficient (Wildman–Crippen LogP) is 1.64. The van der Waals surface area contributed by atoms with Crippen molar-refractivity contribution < 1.29 is 27.8 Å². The van der Waals surface area contributed by atoms with Crippen LogP contribution in [0.1, 0.15) is 26.2 Å². The molecule has 0 radical (unpaired) electrons. The molecule has 0 spiro atoms. The molecule has 0 aliphatic carbocycles. The first-order chi connectivity index (χ1) is 6.42. The molecule has 0 aliphatic heterocycles. The van der Waals surface area contributed by atoms with Crippen molar-refractivity contribution in [3.63, 3.8) is 0 Å². The molecule has 14 heavy (non-hydrogen) atoms. The van der Waals surface area contributed by atoms with Crippen molar-refractivity contribution in [3.8, 4) is 0 Å². The van der Waals surface area contributed by atoms with E-state index in [2.05, 4.69) is 4.74 Å². The normalized spacial score (nSPS) is 15.3. The van der Waals surface area contributed by atoms with Crippen LogP contribution in [0, 0.1) is 0 Å². The van der Waals surface area contributed by atoms with Crippen molar-refractivity contribution >= 4 is 5.97 Å². The van der Waals surface area contributed by atoms with E-state index in [-0.39, 0.29) is 6.61 Å². The summed E-state index contributed by atoms with van der Waals surface area (Å²) in [6.07, 6.45) is -1.73. The number of hydrogen-bond donors (Lipinski definition) is 1. The van der Waals surface area contributed by atoms with Gasteiger partial charge >= 0.3 is 18.2 Å². The molecule has 1 atom stereocenters. The molecule has 1 unspecified atom stereocenters. The Bertz CT molecular complexity index is 183. The molecule has 0 aliphatic rings. The van der Waals surface area contributed by atoms with Crippen LogP contribution in [0.2, 0.25) is 0 Å². The first-order valence-corrected chi connectivity index (χ1v) is 4.29. The van der Waals surface area contributed by atoms with Crippen LogP contribution in [0.4, 0.5) is 13.2 Å². The monoisotopic (exact) mass is 214 g/mol. The van der Waals surface area contributed by atoms with Gasteiger partial charge in [0.25, 0.3) is 0 Å². The lowest BCUT2D eigenvalue weighted by atomic mass is 10.3. The molecule has 1 N–H and O–H groups in total. The van der Waals surface area contributed by atoms with Gasteiger partial charge in [-0.3, -0.25) is 0 Å². The summed E-state index contributed by atoms with van der Waals surface area (Å²) in [6.45, 7) is 1.73. The third-order valence-electron chi connectivity index (χ3n) is 1.56. The van der Waals surface area contributed by atoms with E-state index < -0.39 is 18.2 Å². The van der Waals surface area contributed by atoms with E-state index in [4.69, 9.17) is 5.11 Å². The Morgan fingerprint density at radius 1 is 1.50 bits per heavy atom. The highest BCUT2D eigenvalue weighted by molar-refractivity contribution is 5.77. The van der Waals surface area contributed by atoms with Crippen LogP contribution in [-0.4, -0.2) is 30.0 Å². The Morgan fingerprint density at radius 3 is 2.50 bits per heavy atom. The van der Waals surface area contributed by atoms with Gasteiger partial charge < -0.3 is 9.84 Å². The summed E-state index contributed by atoms with van der Waals surface area (Å²) in [5.41, 5.74) is 0. The van der Waals surface area contributed by atoms with Crippen molar-refractivity contribution in [2.75, 3.05) is 6.61 Å². The quantitative estimate of drug-likeness (QED) is 0.540. The molecule has 0 amide bonds. The lowest BCUT2D eigenvalue weighted by Crippen LogP contribution is -2.42. The Labute approximate surface area is 79.9 Å².